The fourth-order valence-corrected chi connectivity index (χ4v) is 3.02. The number of aromatic nitrogens is 1. The van der Waals surface area contributed by atoms with Gasteiger partial charge in [-0.3, -0.25) is 4.79 Å². The minimum absolute atomic E-state index is 0.106. The van der Waals surface area contributed by atoms with Crippen LogP contribution < -0.4 is 0 Å². The topological polar surface area (TPSA) is 33.2 Å². The van der Waals surface area contributed by atoms with Crippen LogP contribution in [-0.4, -0.2) is 39.4 Å². The smallest absolute Gasteiger partial charge is 0.254 e. The maximum absolute atomic E-state index is 13.0. The molecule has 17 heavy (non-hydrogen) atoms. The van der Waals surface area contributed by atoms with E-state index in [2.05, 4.69) is 11.9 Å². The monoisotopic (exact) mass is 254 g/mol. The zero-order valence-electron chi connectivity index (χ0n) is 9.89. The summed E-state index contributed by atoms with van der Waals surface area (Å²) in [6.07, 6.45) is 1.33. The molecule has 0 aliphatic carbocycles. The van der Waals surface area contributed by atoms with Gasteiger partial charge in [0, 0.05) is 41.4 Å². The van der Waals surface area contributed by atoms with Crippen LogP contribution in [0.4, 0.5) is 4.39 Å². The molecular weight excluding hydrogens is 239 g/mol. The highest BCUT2D eigenvalue weighted by molar-refractivity contribution is 8.00. The molecule has 1 fully saturated rings. The van der Waals surface area contributed by atoms with Crippen molar-refractivity contribution >= 4 is 17.7 Å². The zero-order chi connectivity index (χ0) is 12.4. The van der Waals surface area contributed by atoms with Crippen molar-refractivity contribution in [3.63, 3.8) is 0 Å². The molecule has 0 bridgehead atoms. The first-order valence-corrected chi connectivity index (χ1v) is 6.68. The zero-order valence-corrected chi connectivity index (χ0v) is 10.7. The first-order chi connectivity index (χ1) is 8.09. The summed E-state index contributed by atoms with van der Waals surface area (Å²) in [5.41, 5.74) is 0.378. The van der Waals surface area contributed by atoms with Crippen LogP contribution in [0.3, 0.4) is 0 Å². The summed E-state index contributed by atoms with van der Waals surface area (Å²) in [6.45, 7) is 4.87. The molecule has 5 heteroatoms. The van der Waals surface area contributed by atoms with Gasteiger partial charge in [-0.2, -0.15) is 16.2 Å². The molecule has 3 nitrogen and oxygen atoms in total. The first-order valence-electron chi connectivity index (χ1n) is 5.63. The van der Waals surface area contributed by atoms with E-state index in [4.69, 9.17) is 0 Å². The lowest BCUT2D eigenvalue weighted by molar-refractivity contribution is 0.0697. The molecule has 0 radical (unpaired) electrons. The van der Waals surface area contributed by atoms with Crippen LogP contribution in [0.2, 0.25) is 0 Å². The SMILES string of the molecule is CC1SCCN(C(=O)c2ccnc(F)c2)C1C. The predicted molar refractivity (Wildman–Crippen MR) is 66.6 cm³/mol. The number of halogens is 1. The van der Waals surface area contributed by atoms with Gasteiger partial charge >= 0.3 is 0 Å². The number of hydrogen-bond donors (Lipinski definition) is 0. The summed E-state index contributed by atoms with van der Waals surface area (Å²) in [6, 6.07) is 2.93. The Hall–Kier alpha value is -1.10. The van der Waals surface area contributed by atoms with Gasteiger partial charge in [0.1, 0.15) is 0 Å². The lowest BCUT2D eigenvalue weighted by atomic mass is 10.1. The van der Waals surface area contributed by atoms with Crippen molar-refractivity contribution < 1.29 is 9.18 Å². The summed E-state index contributed by atoms with van der Waals surface area (Å²) in [7, 11) is 0. The van der Waals surface area contributed by atoms with Crippen molar-refractivity contribution in [1.29, 1.82) is 0 Å². The highest BCUT2D eigenvalue weighted by atomic mass is 32.2. The summed E-state index contributed by atoms with van der Waals surface area (Å²) in [4.78, 5) is 17.5. The first kappa shape index (κ1) is 12.4. The fourth-order valence-electron chi connectivity index (χ4n) is 1.92. The van der Waals surface area contributed by atoms with Crippen LogP contribution in [0, 0.1) is 5.95 Å². The molecule has 1 aromatic rings. The van der Waals surface area contributed by atoms with E-state index in [0.717, 1.165) is 12.3 Å². The molecule has 0 spiro atoms. The molecule has 1 aliphatic rings. The van der Waals surface area contributed by atoms with Crippen molar-refractivity contribution in [2.45, 2.75) is 25.1 Å². The van der Waals surface area contributed by atoms with E-state index in [0.29, 0.717) is 10.8 Å². The Bertz CT molecular complexity index is 427. The Balaban J connectivity index is 2.19. The van der Waals surface area contributed by atoms with E-state index >= 15 is 0 Å². The second-order valence-electron chi connectivity index (χ2n) is 4.18. The van der Waals surface area contributed by atoms with Crippen molar-refractivity contribution in [2.24, 2.45) is 0 Å². The summed E-state index contributed by atoms with van der Waals surface area (Å²) in [5.74, 6) is 0.221. The van der Waals surface area contributed by atoms with E-state index in [1.807, 2.05) is 23.6 Å². The molecule has 92 valence electrons. The van der Waals surface area contributed by atoms with Gasteiger partial charge in [-0.25, -0.2) is 4.98 Å². The molecule has 2 rings (SSSR count). The number of hydrogen-bond acceptors (Lipinski definition) is 3. The average Bonchev–Trinajstić information content (AvgIpc) is 2.32. The summed E-state index contributed by atoms with van der Waals surface area (Å²) in [5, 5.41) is 0.416. The molecular formula is C12H15FN2OS. The van der Waals surface area contributed by atoms with Gasteiger partial charge in [0.15, 0.2) is 0 Å². The highest BCUT2D eigenvalue weighted by Crippen LogP contribution is 2.25. The Morgan fingerprint density at radius 1 is 1.59 bits per heavy atom. The van der Waals surface area contributed by atoms with Crippen LogP contribution in [0.25, 0.3) is 0 Å². The standard InChI is InChI=1S/C12H15FN2OS/c1-8-9(2)17-6-5-15(8)12(16)10-3-4-14-11(13)7-10/h3-4,7-9H,5-6H2,1-2H3. The van der Waals surface area contributed by atoms with Gasteiger partial charge in [-0.1, -0.05) is 6.92 Å². The van der Waals surface area contributed by atoms with Crippen LogP contribution in [0.15, 0.2) is 18.3 Å². The molecule has 1 aliphatic heterocycles. The Morgan fingerprint density at radius 3 is 3.06 bits per heavy atom. The quantitative estimate of drug-likeness (QED) is 0.720. The lowest BCUT2D eigenvalue weighted by Crippen LogP contribution is -2.48. The minimum Gasteiger partial charge on any atom is -0.334 e. The Morgan fingerprint density at radius 2 is 2.35 bits per heavy atom. The van der Waals surface area contributed by atoms with Crippen LogP contribution in [0.1, 0.15) is 24.2 Å². The molecule has 2 atom stereocenters. The van der Waals surface area contributed by atoms with Gasteiger partial charge in [-0.15, -0.1) is 0 Å². The van der Waals surface area contributed by atoms with Gasteiger partial charge in [0.25, 0.3) is 5.91 Å². The van der Waals surface area contributed by atoms with E-state index in [9.17, 15) is 9.18 Å². The number of nitrogens with zero attached hydrogens (tertiary/aromatic N) is 2. The maximum Gasteiger partial charge on any atom is 0.254 e. The molecule has 2 unspecified atom stereocenters. The minimum atomic E-state index is -0.608. The van der Waals surface area contributed by atoms with Gasteiger partial charge in [0.05, 0.1) is 0 Å². The predicted octanol–water partition coefficient (Wildman–Crippen LogP) is 2.19. The Labute approximate surface area is 104 Å². The maximum atomic E-state index is 13.0. The molecule has 1 amide bonds. The normalized spacial score (nSPS) is 24.8. The third-order valence-corrected chi connectivity index (χ3v) is 4.46. The van der Waals surface area contributed by atoms with Crippen molar-refractivity contribution in [1.82, 2.24) is 9.88 Å². The summed E-state index contributed by atoms with van der Waals surface area (Å²) < 4.78 is 13.0. The lowest BCUT2D eigenvalue weighted by Gasteiger charge is -2.37. The van der Waals surface area contributed by atoms with E-state index in [1.54, 1.807) is 6.07 Å². The second-order valence-corrected chi connectivity index (χ2v) is 5.67. The molecule has 1 aromatic heterocycles. The average molecular weight is 254 g/mol. The number of carbonyl (C=O) groups is 1. The molecule has 0 N–H and O–H groups in total. The van der Waals surface area contributed by atoms with Gasteiger partial charge < -0.3 is 4.90 Å². The summed E-state index contributed by atoms with van der Waals surface area (Å²) >= 11 is 1.87. The van der Waals surface area contributed by atoms with Crippen molar-refractivity contribution in [3.8, 4) is 0 Å². The number of amides is 1. The van der Waals surface area contributed by atoms with Crippen LogP contribution in [-0.2, 0) is 0 Å². The molecule has 1 saturated heterocycles. The number of thioether (sulfide) groups is 1. The van der Waals surface area contributed by atoms with Crippen molar-refractivity contribution in [2.75, 3.05) is 12.3 Å². The van der Waals surface area contributed by atoms with Gasteiger partial charge in [0.2, 0.25) is 5.95 Å². The largest absolute Gasteiger partial charge is 0.334 e. The van der Waals surface area contributed by atoms with Crippen LogP contribution in [0.5, 0.6) is 0 Å². The van der Waals surface area contributed by atoms with Crippen LogP contribution >= 0.6 is 11.8 Å². The van der Waals surface area contributed by atoms with E-state index in [-0.39, 0.29) is 11.9 Å². The third-order valence-electron chi connectivity index (χ3n) is 3.12. The van der Waals surface area contributed by atoms with Crippen molar-refractivity contribution in [3.05, 3.63) is 29.8 Å². The van der Waals surface area contributed by atoms with Gasteiger partial charge in [-0.05, 0) is 13.0 Å². The number of rotatable bonds is 1. The second kappa shape index (κ2) is 5.04. The van der Waals surface area contributed by atoms with E-state index < -0.39 is 5.95 Å². The highest BCUT2D eigenvalue weighted by Gasteiger charge is 2.29. The fraction of sp³-hybridized carbons (Fsp3) is 0.500. The molecule has 2 heterocycles. The Kier molecular flexibility index (Phi) is 3.66. The van der Waals surface area contributed by atoms with E-state index in [1.165, 1.54) is 12.3 Å². The number of pyridine rings is 1. The molecule has 0 aromatic carbocycles. The molecule has 0 saturated carbocycles. The third kappa shape index (κ3) is 2.60. The number of carbonyl (C=O) groups excluding carboxylic acids is 1.